The van der Waals surface area contributed by atoms with Crippen LogP contribution in [0.25, 0.3) is 10.9 Å². The third-order valence-corrected chi connectivity index (χ3v) is 6.05. The van der Waals surface area contributed by atoms with Gasteiger partial charge in [-0.25, -0.2) is 9.97 Å². The minimum Gasteiger partial charge on any atom is -0.369 e. The molecular weight excluding hydrogens is 467 g/mol. The molecule has 0 spiro atoms. The fraction of sp³-hybridized carbons (Fsp3) is 0.545. The number of hydrogen-bond donors (Lipinski definition) is 4. The molecule has 4 N–H and O–H groups in total. The predicted molar refractivity (Wildman–Crippen MR) is 140 cm³/mol. The average Bonchev–Trinajstić information content (AvgIpc) is 2.72. The molecule has 10 heteroatoms. The van der Waals surface area contributed by atoms with Gasteiger partial charge in [0.15, 0.2) is 0 Å². The monoisotopic (exact) mass is 500 g/mol. The van der Waals surface area contributed by atoms with E-state index in [1.165, 1.54) is 0 Å². The van der Waals surface area contributed by atoms with Crippen LogP contribution in [-0.4, -0.2) is 52.3 Å². The number of aromatic nitrogens is 2. The summed E-state index contributed by atoms with van der Waals surface area (Å²) in [6.07, 6.45) is 7.27. The maximum Gasteiger partial charge on any atom is 0.289 e. The van der Waals surface area contributed by atoms with Crippen LogP contribution in [0.4, 0.5) is 5.82 Å². The summed E-state index contributed by atoms with van der Waals surface area (Å²) in [5.41, 5.74) is 1.88. The van der Waals surface area contributed by atoms with Crippen LogP contribution in [0.1, 0.15) is 55.2 Å². The van der Waals surface area contributed by atoms with Crippen molar-refractivity contribution in [3.05, 3.63) is 29.6 Å². The van der Waals surface area contributed by atoms with Crippen LogP contribution in [0.5, 0.6) is 0 Å². The number of thioether (sulfide) groups is 1. The van der Waals surface area contributed by atoms with Crippen LogP contribution < -0.4 is 16.0 Å². The smallest absolute Gasteiger partial charge is 0.289 e. The lowest BCUT2D eigenvalue weighted by atomic mass is 9.90. The lowest BCUT2D eigenvalue weighted by Crippen LogP contribution is -2.48. The van der Waals surface area contributed by atoms with Gasteiger partial charge in [0, 0.05) is 24.0 Å². The van der Waals surface area contributed by atoms with Gasteiger partial charge in [-0.15, -0.1) is 24.8 Å². The van der Waals surface area contributed by atoms with Crippen molar-refractivity contribution in [3.63, 3.8) is 0 Å². The van der Waals surface area contributed by atoms with E-state index < -0.39 is 0 Å². The number of anilines is 1. The summed E-state index contributed by atoms with van der Waals surface area (Å²) in [4.78, 5) is 21.8. The number of fused-ring (bicyclic) bond motifs is 1. The number of carbonyl (C=O) groups is 1. The van der Waals surface area contributed by atoms with E-state index in [4.69, 9.17) is 5.41 Å². The van der Waals surface area contributed by atoms with Gasteiger partial charge in [0.05, 0.1) is 11.4 Å². The Labute approximate surface area is 207 Å². The highest BCUT2D eigenvalue weighted by Gasteiger charge is 2.26. The maximum absolute atomic E-state index is 12.7. The number of rotatable bonds is 8. The molecule has 1 heterocycles. The Morgan fingerprint density at radius 2 is 1.91 bits per heavy atom. The van der Waals surface area contributed by atoms with Crippen molar-refractivity contribution in [2.45, 2.75) is 58.0 Å². The lowest BCUT2D eigenvalue weighted by molar-refractivity contribution is 0.0944. The standard InChI is InChI=1S/C22H32N6OS.2ClH/c1-14-9-10-17-16(13-14)20(27-19-8-5-4-7-18(19)25-15(2)23)28-21(26-17)22(29)24-11-6-12-30-3;;/h9-10,13,18-19H,4-8,11-12H2,1-3H3,(H2,23,25)(H,24,29)(H,26,27,28);2*1H/t18-,19+;;/m1../s1. The Bertz CT molecular complexity index is 913. The summed E-state index contributed by atoms with van der Waals surface area (Å²) in [5, 5.41) is 18.5. The van der Waals surface area contributed by atoms with Gasteiger partial charge < -0.3 is 16.0 Å². The van der Waals surface area contributed by atoms with Crippen LogP contribution in [-0.2, 0) is 0 Å². The first kappa shape index (κ1) is 28.3. The molecule has 0 saturated heterocycles. The molecule has 3 rings (SSSR count). The zero-order valence-electron chi connectivity index (χ0n) is 18.9. The van der Waals surface area contributed by atoms with Crippen molar-refractivity contribution in [1.82, 2.24) is 20.6 Å². The number of hydrogen-bond acceptors (Lipinski definition) is 6. The number of carbonyl (C=O) groups excluding carboxylic acids is 1. The molecule has 7 nitrogen and oxygen atoms in total. The highest BCUT2D eigenvalue weighted by molar-refractivity contribution is 7.98. The van der Waals surface area contributed by atoms with Crippen molar-refractivity contribution in [1.29, 1.82) is 5.41 Å². The number of nitrogens with zero attached hydrogens (tertiary/aromatic N) is 2. The third kappa shape index (κ3) is 7.67. The van der Waals surface area contributed by atoms with Crippen LogP contribution in [0.15, 0.2) is 18.2 Å². The molecule has 1 aromatic carbocycles. The van der Waals surface area contributed by atoms with E-state index >= 15 is 0 Å². The minimum absolute atomic E-state index is 0. The molecule has 1 aromatic heterocycles. The van der Waals surface area contributed by atoms with Crippen LogP contribution >= 0.6 is 36.6 Å². The van der Waals surface area contributed by atoms with E-state index in [0.29, 0.717) is 18.2 Å². The SMILES string of the molecule is CSCCCNC(=O)c1nc(N[C@H]2CCCC[C@H]2NC(C)=N)c2cc(C)ccc2n1.Cl.Cl. The Kier molecular flexibility index (Phi) is 12.1. The van der Waals surface area contributed by atoms with E-state index in [2.05, 4.69) is 38.2 Å². The number of aryl methyl sites for hydroxylation is 1. The normalized spacial score (nSPS) is 17.6. The Morgan fingerprint density at radius 1 is 1.19 bits per heavy atom. The van der Waals surface area contributed by atoms with E-state index in [1.807, 2.05) is 19.1 Å². The quantitative estimate of drug-likeness (QED) is 0.240. The summed E-state index contributed by atoms with van der Waals surface area (Å²) in [5.74, 6) is 2.13. The molecule has 2 atom stereocenters. The fourth-order valence-corrected chi connectivity index (χ4v) is 4.31. The second-order valence-corrected chi connectivity index (χ2v) is 8.92. The second-order valence-electron chi connectivity index (χ2n) is 7.93. The summed E-state index contributed by atoms with van der Waals surface area (Å²) in [7, 11) is 0. The van der Waals surface area contributed by atoms with Crippen LogP contribution in [0.3, 0.4) is 0 Å². The Hall–Kier alpha value is -1.77. The molecule has 32 heavy (non-hydrogen) atoms. The van der Waals surface area contributed by atoms with Crippen molar-refractivity contribution >= 4 is 65.0 Å². The van der Waals surface area contributed by atoms with Crippen molar-refractivity contribution in [2.75, 3.05) is 23.9 Å². The first-order valence-corrected chi connectivity index (χ1v) is 12.0. The van der Waals surface area contributed by atoms with Crippen molar-refractivity contribution in [2.24, 2.45) is 0 Å². The number of benzene rings is 1. The molecule has 1 amide bonds. The van der Waals surface area contributed by atoms with Gasteiger partial charge in [-0.05, 0) is 57.3 Å². The summed E-state index contributed by atoms with van der Waals surface area (Å²) in [6.45, 7) is 4.43. The molecule has 0 unspecified atom stereocenters. The molecule has 178 valence electrons. The lowest BCUT2D eigenvalue weighted by Gasteiger charge is -2.33. The molecule has 0 bridgehead atoms. The van der Waals surface area contributed by atoms with E-state index in [1.54, 1.807) is 18.7 Å². The first-order valence-electron chi connectivity index (χ1n) is 10.6. The maximum atomic E-state index is 12.7. The van der Waals surface area contributed by atoms with E-state index in [-0.39, 0.29) is 48.6 Å². The largest absolute Gasteiger partial charge is 0.369 e. The van der Waals surface area contributed by atoms with Crippen LogP contribution in [0.2, 0.25) is 0 Å². The van der Waals surface area contributed by atoms with E-state index in [0.717, 1.165) is 54.3 Å². The Balaban J connectivity index is 0.00000256. The minimum atomic E-state index is -0.240. The molecule has 1 aliphatic rings. The van der Waals surface area contributed by atoms with Crippen molar-refractivity contribution in [3.8, 4) is 0 Å². The van der Waals surface area contributed by atoms with Crippen molar-refractivity contribution < 1.29 is 4.79 Å². The van der Waals surface area contributed by atoms with Gasteiger partial charge in [-0.3, -0.25) is 10.2 Å². The summed E-state index contributed by atoms with van der Waals surface area (Å²) in [6, 6.07) is 6.33. The van der Waals surface area contributed by atoms with Gasteiger partial charge in [-0.2, -0.15) is 11.8 Å². The van der Waals surface area contributed by atoms with Gasteiger partial charge in [0.2, 0.25) is 5.82 Å². The molecule has 1 fully saturated rings. The van der Waals surface area contributed by atoms with Crippen LogP contribution in [0, 0.1) is 12.3 Å². The fourth-order valence-electron chi connectivity index (χ4n) is 3.88. The van der Waals surface area contributed by atoms with E-state index in [9.17, 15) is 4.79 Å². The molecule has 0 aliphatic heterocycles. The highest BCUT2D eigenvalue weighted by atomic mass is 35.5. The average molecular weight is 502 g/mol. The predicted octanol–water partition coefficient (Wildman–Crippen LogP) is 4.57. The topological polar surface area (TPSA) is 103 Å². The summed E-state index contributed by atoms with van der Waals surface area (Å²) >= 11 is 1.76. The zero-order valence-corrected chi connectivity index (χ0v) is 21.3. The number of amidine groups is 1. The van der Waals surface area contributed by atoms with Gasteiger partial charge in [0.25, 0.3) is 5.91 Å². The molecular formula is C22H34Cl2N6OS. The third-order valence-electron chi connectivity index (χ3n) is 5.36. The second kappa shape index (κ2) is 13.7. The first-order chi connectivity index (χ1) is 14.5. The Morgan fingerprint density at radius 3 is 2.59 bits per heavy atom. The molecule has 0 radical (unpaired) electrons. The number of nitrogens with one attached hydrogen (secondary N) is 4. The van der Waals surface area contributed by atoms with Gasteiger partial charge in [0.1, 0.15) is 5.82 Å². The van der Waals surface area contributed by atoms with Gasteiger partial charge >= 0.3 is 0 Å². The molecule has 1 aliphatic carbocycles. The summed E-state index contributed by atoms with van der Waals surface area (Å²) < 4.78 is 0. The number of halogens is 2. The zero-order chi connectivity index (χ0) is 21.5. The highest BCUT2D eigenvalue weighted by Crippen LogP contribution is 2.27. The van der Waals surface area contributed by atoms with Gasteiger partial charge in [-0.1, -0.05) is 24.5 Å². The molecule has 1 saturated carbocycles. The number of amides is 1. The molecule has 2 aromatic rings.